The van der Waals surface area contributed by atoms with Crippen LogP contribution in [0.2, 0.25) is 0 Å². The van der Waals surface area contributed by atoms with Crippen molar-refractivity contribution in [2.75, 3.05) is 13.2 Å². The van der Waals surface area contributed by atoms with Gasteiger partial charge >= 0.3 is 0 Å². The summed E-state index contributed by atoms with van der Waals surface area (Å²) >= 11 is 3.43. The number of pyridine rings is 1. The van der Waals surface area contributed by atoms with Gasteiger partial charge in [0.25, 0.3) is 0 Å². The summed E-state index contributed by atoms with van der Waals surface area (Å²) in [7, 11) is 0. The van der Waals surface area contributed by atoms with Crippen LogP contribution >= 0.6 is 15.9 Å². The molecule has 1 aromatic heterocycles. The summed E-state index contributed by atoms with van der Waals surface area (Å²) in [6.07, 6.45) is 0. The quantitative estimate of drug-likeness (QED) is 0.702. The fourth-order valence-corrected chi connectivity index (χ4v) is 3.09. The Labute approximate surface area is 141 Å². The van der Waals surface area contributed by atoms with Gasteiger partial charge in [-0.15, -0.1) is 0 Å². The SMILES string of the molecule is Cc1c(-c2ccc(Br)cc2)[nH]c2cc3c(cc2c1=O)OCCO3. The molecular formula is C18H14BrNO3. The maximum absolute atomic E-state index is 12.7. The number of benzene rings is 2. The molecule has 4 rings (SSSR count). The van der Waals surface area contributed by atoms with Crippen LogP contribution in [-0.4, -0.2) is 18.2 Å². The fourth-order valence-electron chi connectivity index (χ4n) is 2.83. The molecule has 0 amide bonds. The molecule has 0 saturated heterocycles. The van der Waals surface area contributed by atoms with E-state index in [0.717, 1.165) is 21.2 Å². The van der Waals surface area contributed by atoms with E-state index in [1.54, 1.807) is 6.07 Å². The van der Waals surface area contributed by atoms with E-state index in [4.69, 9.17) is 9.47 Å². The monoisotopic (exact) mass is 371 g/mol. The number of rotatable bonds is 1. The highest BCUT2D eigenvalue weighted by molar-refractivity contribution is 9.10. The van der Waals surface area contributed by atoms with E-state index in [9.17, 15) is 4.79 Å². The van der Waals surface area contributed by atoms with Crippen molar-refractivity contribution in [3.8, 4) is 22.8 Å². The van der Waals surface area contributed by atoms with Gasteiger partial charge in [0.2, 0.25) is 0 Å². The summed E-state index contributed by atoms with van der Waals surface area (Å²) in [4.78, 5) is 16.1. The summed E-state index contributed by atoms with van der Waals surface area (Å²) in [5, 5.41) is 0.618. The van der Waals surface area contributed by atoms with Crippen LogP contribution in [0.3, 0.4) is 0 Å². The summed E-state index contributed by atoms with van der Waals surface area (Å²) in [5.74, 6) is 1.30. The third-order valence-corrected chi connectivity index (χ3v) is 4.56. The average molecular weight is 372 g/mol. The zero-order chi connectivity index (χ0) is 16.0. The van der Waals surface area contributed by atoms with Crippen LogP contribution in [0.25, 0.3) is 22.2 Å². The van der Waals surface area contributed by atoms with E-state index in [2.05, 4.69) is 20.9 Å². The Morgan fingerprint density at radius 2 is 1.70 bits per heavy atom. The molecule has 5 heteroatoms. The number of nitrogens with one attached hydrogen (secondary N) is 1. The van der Waals surface area contributed by atoms with Crippen molar-refractivity contribution >= 4 is 26.8 Å². The van der Waals surface area contributed by atoms with Crippen molar-refractivity contribution in [2.45, 2.75) is 6.92 Å². The topological polar surface area (TPSA) is 51.3 Å². The van der Waals surface area contributed by atoms with Crippen molar-refractivity contribution in [1.82, 2.24) is 4.98 Å². The summed E-state index contributed by atoms with van der Waals surface area (Å²) in [6.45, 7) is 2.87. The Hall–Kier alpha value is -2.27. The maximum atomic E-state index is 12.7. The van der Waals surface area contributed by atoms with Gasteiger partial charge in [0.05, 0.1) is 11.2 Å². The van der Waals surface area contributed by atoms with Crippen LogP contribution in [0.4, 0.5) is 0 Å². The maximum Gasteiger partial charge on any atom is 0.193 e. The Balaban J connectivity index is 1.98. The van der Waals surface area contributed by atoms with Gasteiger partial charge in [-0.1, -0.05) is 28.1 Å². The second-order valence-corrected chi connectivity index (χ2v) is 6.42. The smallest absolute Gasteiger partial charge is 0.193 e. The lowest BCUT2D eigenvalue weighted by molar-refractivity contribution is 0.172. The van der Waals surface area contributed by atoms with Gasteiger partial charge in [-0.2, -0.15) is 0 Å². The minimum atomic E-state index is 0.00800. The molecule has 0 spiro atoms. The van der Waals surface area contributed by atoms with Crippen LogP contribution in [-0.2, 0) is 0 Å². The molecule has 1 aliphatic heterocycles. The summed E-state index contributed by atoms with van der Waals surface area (Å²) in [5.41, 5.74) is 3.25. The first-order chi connectivity index (χ1) is 11.1. The standard InChI is InChI=1S/C18H14BrNO3/c1-10-17(11-2-4-12(19)5-3-11)20-14-9-16-15(22-6-7-23-16)8-13(14)18(10)21/h2-5,8-9H,6-7H2,1H3,(H,20,21). The van der Waals surface area contributed by atoms with Crippen LogP contribution < -0.4 is 14.9 Å². The number of ether oxygens (including phenoxy) is 2. The molecular weight excluding hydrogens is 358 g/mol. The second-order valence-electron chi connectivity index (χ2n) is 5.50. The Kier molecular flexibility index (Phi) is 3.38. The molecule has 0 atom stereocenters. The van der Waals surface area contributed by atoms with Gasteiger partial charge in [-0.25, -0.2) is 0 Å². The van der Waals surface area contributed by atoms with E-state index < -0.39 is 0 Å². The van der Waals surface area contributed by atoms with E-state index in [0.29, 0.717) is 35.7 Å². The molecule has 0 radical (unpaired) electrons. The summed E-state index contributed by atoms with van der Waals surface area (Å²) < 4.78 is 12.2. The predicted molar refractivity (Wildman–Crippen MR) is 93.4 cm³/mol. The van der Waals surface area contributed by atoms with Crippen LogP contribution in [0.15, 0.2) is 45.7 Å². The van der Waals surface area contributed by atoms with Crippen molar-refractivity contribution in [3.63, 3.8) is 0 Å². The molecule has 0 fully saturated rings. The molecule has 0 unspecified atom stereocenters. The zero-order valence-electron chi connectivity index (χ0n) is 12.5. The predicted octanol–water partition coefficient (Wildman–Crippen LogP) is 4.04. The molecule has 0 aliphatic carbocycles. The van der Waals surface area contributed by atoms with Gasteiger partial charge in [0, 0.05) is 21.5 Å². The molecule has 0 saturated carbocycles. The lowest BCUT2D eigenvalue weighted by Crippen LogP contribution is -2.16. The molecule has 1 N–H and O–H groups in total. The van der Waals surface area contributed by atoms with Crippen LogP contribution in [0.1, 0.15) is 5.56 Å². The number of fused-ring (bicyclic) bond motifs is 2. The second kappa shape index (κ2) is 5.42. The van der Waals surface area contributed by atoms with Gasteiger partial charge in [-0.3, -0.25) is 4.79 Å². The van der Waals surface area contributed by atoms with Crippen LogP contribution in [0.5, 0.6) is 11.5 Å². The molecule has 0 bridgehead atoms. The first-order valence-corrected chi connectivity index (χ1v) is 8.15. The lowest BCUT2D eigenvalue weighted by atomic mass is 10.0. The van der Waals surface area contributed by atoms with Gasteiger partial charge in [-0.05, 0) is 30.7 Å². The first-order valence-electron chi connectivity index (χ1n) is 7.35. The van der Waals surface area contributed by atoms with E-state index in [1.807, 2.05) is 37.3 Å². The van der Waals surface area contributed by atoms with Gasteiger partial charge < -0.3 is 14.5 Å². The molecule has 116 valence electrons. The minimum Gasteiger partial charge on any atom is -0.486 e. The number of hydrogen-bond donors (Lipinski definition) is 1. The largest absolute Gasteiger partial charge is 0.486 e. The summed E-state index contributed by atoms with van der Waals surface area (Å²) in [6, 6.07) is 11.5. The Morgan fingerprint density at radius 3 is 2.39 bits per heavy atom. The van der Waals surface area contributed by atoms with Crippen molar-refractivity contribution in [2.24, 2.45) is 0 Å². The molecule has 4 nitrogen and oxygen atoms in total. The molecule has 1 aliphatic rings. The number of halogens is 1. The van der Waals surface area contributed by atoms with Crippen molar-refractivity contribution in [3.05, 3.63) is 56.7 Å². The van der Waals surface area contributed by atoms with Gasteiger partial charge in [0.1, 0.15) is 13.2 Å². The minimum absolute atomic E-state index is 0.00800. The third kappa shape index (κ3) is 2.41. The van der Waals surface area contributed by atoms with E-state index in [-0.39, 0.29) is 5.43 Å². The number of hydrogen-bond acceptors (Lipinski definition) is 3. The molecule has 3 aromatic rings. The van der Waals surface area contributed by atoms with E-state index >= 15 is 0 Å². The lowest BCUT2D eigenvalue weighted by Gasteiger charge is -2.19. The number of aromatic nitrogens is 1. The zero-order valence-corrected chi connectivity index (χ0v) is 14.1. The highest BCUT2D eigenvalue weighted by Crippen LogP contribution is 2.34. The highest BCUT2D eigenvalue weighted by atomic mass is 79.9. The Bertz CT molecular complexity index is 961. The molecule has 23 heavy (non-hydrogen) atoms. The van der Waals surface area contributed by atoms with Crippen molar-refractivity contribution < 1.29 is 9.47 Å². The average Bonchev–Trinajstić information content (AvgIpc) is 2.58. The molecule has 2 heterocycles. The molecule has 2 aromatic carbocycles. The van der Waals surface area contributed by atoms with Crippen LogP contribution in [0, 0.1) is 6.92 Å². The van der Waals surface area contributed by atoms with Gasteiger partial charge in [0.15, 0.2) is 16.9 Å². The third-order valence-electron chi connectivity index (χ3n) is 4.04. The van der Waals surface area contributed by atoms with E-state index in [1.165, 1.54) is 0 Å². The fraction of sp³-hybridized carbons (Fsp3) is 0.167. The highest BCUT2D eigenvalue weighted by Gasteiger charge is 2.17. The Morgan fingerprint density at radius 1 is 1.04 bits per heavy atom. The van der Waals surface area contributed by atoms with Crippen molar-refractivity contribution in [1.29, 1.82) is 0 Å². The first kappa shape index (κ1) is 14.3. The number of H-pyrrole nitrogens is 1. The normalized spacial score (nSPS) is 13.3. The number of aromatic amines is 1.